The summed E-state index contributed by atoms with van der Waals surface area (Å²) in [5.41, 5.74) is 0. The van der Waals surface area contributed by atoms with Crippen LogP contribution >= 0.6 is 11.8 Å². The van der Waals surface area contributed by atoms with Gasteiger partial charge in [-0.3, -0.25) is 0 Å². The minimum atomic E-state index is 0.142. The number of hydrogen-bond donors (Lipinski definition) is 0. The molecule has 59 valence electrons. The predicted octanol–water partition coefficient (Wildman–Crippen LogP) is 0.407. The molecule has 1 saturated heterocycles. The van der Waals surface area contributed by atoms with E-state index in [1.807, 2.05) is 16.8 Å². The maximum atomic E-state index is 5.17. The van der Waals surface area contributed by atoms with Crippen LogP contribution in [0.2, 0.25) is 0 Å². The van der Waals surface area contributed by atoms with E-state index in [2.05, 4.69) is 0 Å². The third-order valence-electron chi connectivity index (χ3n) is 1.54. The van der Waals surface area contributed by atoms with Crippen molar-refractivity contribution < 1.29 is 9.57 Å². The molecule has 1 heterocycles. The van der Waals surface area contributed by atoms with Crippen LogP contribution in [0, 0.1) is 0 Å². The summed E-state index contributed by atoms with van der Waals surface area (Å²) in [6.07, 6.45) is 0.142. The summed E-state index contributed by atoms with van der Waals surface area (Å²) in [6.45, 7) is 0.958. The Balaban J connectivity index is 2.34. The highest BCUT2D eigenvalue weighted by Gasteiger charge is 2.32. The summed E-state index contributed by atoms with van der Waals surface area (Å²) < 4.78 is 5.17. The van der Waals surface area contributed by atoms with Crippen molar-refractivity contribution in [2.24, 2.45) is 0 Å². The molecule has 0 aromatic heterocycles. The van der Waals surface area contributed by atoms with E-state index in [9.17, 15) is 0 Å². The van der Waals surface area contributed by atoms with Gasteiger partial charge in [0.25, 0.3) is 6.23 Å². The normalized spacial score (nSPS) is 28.8. The molecule has 0 spiro atoms. The fraction of sp³-hybridized carbons (Fsp3) is 1.00. The minimum absolute atomic E-state index is 0.142. The van der Waals surface area contributed by atoms with E-state index in [1.54, 1.807) is 14.2 Å². The van der Waals surface area contributed by atoms with Crippen molar-refractivity contribution in [2.75, 3.05) is 32.3 Å². The number of hydroxylamine groups is 2. The first kappa shape index (κ1) is 8.33. The van der Waals surface area contributed by atoms with Gasteiger partial charge < -0.3 is 4.74 Å². The summed E-state index contributed by atoms with van der Waals surface area (Å²) in [7, 11) is 3.39. The van der Waals surface area contributed by atoms with Gasteiger partial charge in [-0.15, -0.1) is 16.6 Å². The van der Waals surface area contributed by atoms with E-state index in [1.165, 1.54) is 0 Å². The van der Waals surface area contributed by atoms with Crippen LogP contribution in [0.5, 0.6) is 0 Å². The molecule has 1 atom stereocenters. The lowest BCUT2D eigenvalue weighted by atomic mass is 10.5. The Kier molecular flexibility index (Phi) is 3.48. The van der Waals surface area contributed by atoms with Crippen LogP contribution in [-0.2, 0) is 9.57 Å². The van der Waals surface area contributed by atoms with Crippen LogP contribution in [0.25, 0.3) is 0 Å². The number of ether oxygens (including phenoxy) is 1. The highest BCUT2D eigenvalue weighted by atomic mass is 32.2. The zero-order chi connectivity index (χ0) is 7.40. The van der Waals surface area contributed by atoms with E-state index in [0.29, 0.717) is 0 Å². The highest BCUT2D eigenvalue weighted by Crippen LogP contribution is 2.13. The number of nitrogens with zero attached hydrogens (tertiary/aromatic N) is 1. The summed E-state index contributed by atoms with van der Waals surface area (Å²) in [6, 6.07) is 0. The molecule has 0 aromatic carbocycles. The Labute approximate surface area is 65.6 Å². The second-order valence-corrected chi connectivity index (χ2v) is 3.24. The second-order valence-electron chi connectivity index (χ2n) is 2.09. The van der Waals surface area contributed by atoms with Crippen LogP contribution in [-0.4, -0.2) is 38.5 Å². The quantitative estimate of drug-likeness (QED) is 0.551. The van der Waals surface area contributed by atoms with E-state index >= 15 is 0 Å². The molecule has 0 saturated carbocycles. The van der Waals surface area contributed by atoms with Gasteiger partial charge in [-0.05, 0) is 0 Å². The van der Waals surface area contributed by atoms with E-state index in [4.69, 9.17) is 9.57 Å². The van der Waals surface area contributed by atoms with Gasteiger partial charge in [0, 0.05) is 12.2 Å². The monoisotopic (exact) mass is 163 g/mol. The Hall–Kier alpha value is 0.230. The standard InChI is InChI=1S/C6H13NO2S/c1-8-6-5-10-4-3-7(6)9-2/h6H,3-5H2,1-2H3/q+1. The molecule has 1 fully saturated rings. The minimum Gasteiger partial charge on any atom is -0.326 e. The second kappa shape index (κ2) is 4.18. The molecule has 4 heteroatoms. The molecule has 0 amide bonds. The third-order valence-corrected chi connectivity index (χ3v) is 2.54. The number of hydrogen-bond acceptors (Lipinski definition) is 4. The molecule has 0 bridgehead atoms. The maximum absolute atomic E-state index is 5.17. The van der Waals surface area contributed by atoms with Crippen molar-refractivity contribution in [3.05, 3.63) is 0 Å². The number of thioether (sulfide) groups is 1. The molecule has 1 unspecified atom stereocenters. The van der Waals surface area contributed by atoms with Gasteiger partial charge in [0.15, 0.2) is 6.54 Å². The summed E-state index contributed by atoms with van der Waals surface area (Å²) in [5.74, 6) is 2.14. The van der Waals surface area contributed by atoms with Gasteiger partial charge in [0.1, 0.15) is 7.11 Å². The molecule has 1 aliphatic rings. The van der Waals surface area contributed by atoms with Gasteiger partial charge in [-0.1, -0.05) is 0 Å². The molecule has 0 aromatic rings. The van der Waals surface area contributed by atoms with E-state index in [-0.39, 0.29) is 6.23 Å². The van der Waals surface area contributed by atoms with Gasteiger partial charge in [-0.2, -0.15) is 0 Å². The van der Waals surface area contributed by atoms with Crippen molar-refractivity contribution in [2.45, 2.75) is 6.23 Å². The fourth-order valence-corrected chi connectivity index (χ4v) is 1.94. The number of methoxy groups -OCH3 is 1. The van der Waals surface area contributed by atoms with Crippen LogP contribution in [0.1, 0.15) is 0 Å². The van der Waals surface area contributed by atoms with Gasteiger partial charge >= 0.3 is 0 Å². The zero-order valence-corrected chi connectivity index (χ0v) is 7.19. The van der Waals surface area contributed by atoms with Gasteiger partial charge in [0.2, 0.25) is 0 Å². The van der Waals surface area contributed by atoms with Crippen molar-refractivity contribution in [3.8, 4) is 0 Å². The summed E-state index contributed by atoms with van der Waals surface area (Å²) in [4.78, 5) is 5.09. The molecular formula is C6H13NO2S+. The topological polar surface area (TPSA) is 24.4 Å². The molecule has 1 radical (unpaired) electrons. The lowest BCUT2D eigenvalue weighted by Crippen LogP contribution is -2.47. The largest absolute Gasteiger partial charge is 0.326 e. The van der Waals surface area contributed by atoms with E-state index < -0.39 is 0 Å². The van der Waals surface area contributed by atoms with Crippen molar-refractivity contribution >= 4 is 11.8 Å². The maximum Gasteiger partial charge on any atom is 0.281 e. The molecule has 10 heavy (non-hydrogen) atoms. The molecule has 1 rings (SSSR count). The van der Waals surface area contributed by atoms with Crippen LogP contribution in [0.15, 0.2) is 0 Å². The van der Waals surface area contributed by atoms with Crippen molar-refractivity contribution in [1.29, 1.82) is 0 Å². The first-order valence-electron chi connectivity index (χ1n) is 3.29. The van der Waals surface area contributed by atoms with Crippen LogP contribution < -0.4 is 5.06 Å². The fourth-order valence-electron chi connectivity index (χ4n) is 0.960. The first-order chi connectivity index (χ1) is 4.88. The van der Waals surface area contributed by atoms with Gasteiger partial charge in [-0.25, -0.2) is 0 Å². The lowest BCUT2D eigenvalue weighted by molar-refractivity contribution is -0.138. The smallest absolute Gasteiger partial charge is 0.281 e. The highest BCUT2D eigenvalue weighted by molar-refractivity contribution is 7.99. The number of rotatable bonds is 2. The Morgan fingerprint density at radius 2 is 2.30 bits per heavy atom. The Morgan fingerprint density at radius 3 is 2.80 bits per heavy atom. The van der Waals surface area contributed by atoms with Crippen LogP contribution in [0.4, 0.5) is 0 Å². The predicted molar refractivity (Wildman–Crippen MR) is 42.1 cm³/mol. The first-order valence-corrected chi connectivity index (χ1v) is 4.45. The zero-order valence-electron chi connectivity index (χ0n) is 6.37. The lowest BCUT2D eigenvalue weighted by Gasteiger charge is -2.20. The van der Waals surface area contributed by atoms with Crippen molar-refractivity contribution in [1.82, 2.24) is 5.06 Å². The Morgan fingerprint density at radius 1 is 1.50 bits per heavy atom. The average molecular weight is 163 g/mol. The molecule has 1 aliphatic heterocycles. The van der Waals surface area contributed by atoms with E-state index in [0.717, 1.165) is 18.1 Å². The van der Waals surface area contributed by atoms with Gasteiger partial charge in [0.05, 0.1) is 11.5 Å². The summed E-state index contributed by atoms with van der Waals surface area (Å²) in [5, 5.41) is 1.87. The average Bonchev–Trinajstić information content (AvgIpc) is 2.04. The SMILES string of the molecule is COC1CSCC[N+]1OC. The Bertz CT molecular complexity index is 89.7. The summed E-state index contributed by atoms with van der Waals surface area (Å²) >= 11 is 1.90. The third kappa shape index (κ3) is 1.85. The molecule has 0 aliphatic carbocycles. The molecular weight excluding hydrogens is 150 g/mol. The molecule has 3 nitrogen and oxygen atoms in total. The molecule has 0 N–H and O–H groups in total. The van der Waals surface area contributed by atoms with Crippen LogP contribution in [0.3, 0.4) is 0 Å². The van der Waals surface area contributed by atoms with Crippen molar-refractivity contribution in [3.63, 3.8) is 0 Å².